The van der Waals surface area contributed by atoms with Crippen molar-refractivity contribution in [3.8, 4) is 5.75 Å². The molecule has 25 heavy (non-hydrogen) atoms. The van der Waals surface area contributed by atoms with E-state index in [2.05, 4.69) is 11.9 Å². The third-order valence-electron chi connectivity index (χ3n) is 3.64. The number of benzene rings is 2. The Morgan fingerprint density at radius 1 is 1.20 bits per heavy atom. The van der Waals surface area contributed by atoms with Crippen LogP contribution in [0, 0.1) is 0 Å². The number of para-hydroxylation sites is 2. The highest BCUT2D eigenvalue weighted by Crippen LogP contribution is 2.27. The van der Waals surface area contributed by atoms with E-state index in [4.69, 9.17) is 4.74 Å². The van der Waals surface area contributed by atoms with Crippen molar-refractivity contribution in [3.05, 3.63) is 66.7 Å². The molecule has 0 radical (unpaired) electrons. The molecule has 2 aromatic rings. The van der Waals surface area contributed by atoms with Crippen LogP contribution in [0.4, 0.5) is 11.4 Å². The standard InChI is InChI=1S/C20H22N2O3/c1-4-19(23)21-16-10-8-9-15(13-16)14-20(24)22(3)17-11-6-7-12-18(17)25-5-2/h4,6-13H,1,5,14H2,2-3H3,(H,21,23). The highest BCUT2D eigenvalue weighted by Gasteiger charge is 2.15. The van der Waals surface area contributed by atoms with Gasteiger partial charge in [0.1, 0.15) is 5.75 Å². The van der Waals surface area contributed by atoms with Crippen molar-refractivity contribution in [2.75, 3.05) is 23.9 Å². The van der Waals surface area contributed by atoms with E-state index in [0.29, 0.717) is 18.0 Å². The van der Waals surface area contributed by atoms with Crippen LogP contribution in [-0.4, -0.2) is 25.5 Å². The number of likely N-dealkylation sites (N-methyl/N-ethyl adjacent to an activating group) is 1. The lowest BCUT2D eigenvalue weighted by atomic mass is 10.1. The van der Waals surface area contributed by atoms with Crippen LogP contribution in [0.1, 0.15) is 12.5 Å². The van der Waals surface area contributed by atoms with Gasteiger partial charge in [-0.1, -0.05) is 30.8 Å². The van der Waals surface area contributed by atoms with E-state index < -0.39 is 0 Å². The lowest BCUT2D eigenvalue weighted by Gasteiger charge is -2.20. The van der Waals surface area contributed by atoms with Crippen molar-refractivity contribution in [3.63, 3.8) is 0 Å². The summed E-state index contributed by atoms with van der Waals surface area (Å²) in [4.78, 5) is 25.6. The van der Waals surface area contributed by atoms with E-state index in [0.717, 1.165) is 11.3 Å². The van der Waals surface area contributed by atoms with Crippen LogP contribution in [0.15, 0.2) is 61.2 Å². The van der Waals surface area contributed by atoms with E-state index in [1.807, 2.05) is 37.3 Å². The lowest BCUT2D eigenvalue weighted by molar-refractivity contribution is -0.117. The fraction of sp³-hybridized carbons (Fsp3) is 0.200. The van der Waals surface area contributed by atoms with Gasteiger partial charge in [-0.05, 0) is 42.8 Å². The molecule has 2 aromatic carbocycles. The molecule has 5 nitrogen and oxygen atoms in total. The number of hydrogen-bond donors (Lipinski definition) is 1. The maximum atomic E-state index is 12.6. The number of amides is 2. The minimum Gasteiger partial charge on any atom is -0.492 e. The zero-order chi connectivity index (χ0) is 18.2. The Hall–Kier alpha value is -3.08. The molecular formula is C20H22N2O3. The monoisotopic (exact) mass is 338 g/mol. The predicted octanol–water partition coefficient (Wildman–Crippen LogP) is 3.42. The molecule has 0 aliphatic carbocycles. The summed E-state index contributed by atoms with van der Waals surface area (Å²) < 4.78 is 5.58. The molecule has 0 saturated carbocycles. The fourth-order valence-corrected chi connectivity index (χ4v) is 2.39. The van der Waals surface area contributed by atoms with Crippen molar-refractivity contribution in [1.29, 1.82) is 0 Å². The lowest BCUT2D eigenvalue weighted by Crippen LogP contribution is -2.28. The SMILES string of the molecule is C=CC(=O)Nc1cccc(CC(=O)N(C)c2ccccc2OCC)c1. The number of anilines is 2. The van der Waals surface area contributed by atoms with Crippen LogP contribution in [0.2, 0.25) is 0 Å². The van der Waals surface area contributed by atoms with Crippen LogP contribution < -0.4 is 15.0 Å². The molecular weight excluding hydrogens is 316 g/mol. The first kappa shape index (κ1) is 18.3. The van der Waals surface area contributed by atoms with Gasteiger partial charge in [-0.15, -0.1) is 0 Å². The Morgan fingerprint density at radius 3 is 2.68 bits per heavy atom. The van der Waals surface area contributed by atoms with Gasteiger partial charge in [-0.25, -0.2) is 0 Å². The molecule has 2 amide bonds. The second kappa shape index (κ2) is 8.68. The predicted molar refractivity (Wildman–Crippen MR) is 100.0 cm³/mol. The second-order valence-corrected chi connectivity index (χ2v) is 5.42. The molecule has 0 spiro atoms. The average molecular weight is 338 g/mol. The van der Waals surface area contributed by atoms with Crippen LogP contribution in [0.25, 0.3) is 0 Å². The molecule has 0 unspecified atom stereocenters. The van der Waals surface area contributed by atoms with Gasteiger partial charge in [-0.2, -0.15) is 0 Å². The molecule has 0 atom stereocenters. The number of nitrogens with one attached hydrogen (secondary N) is 1. The summed E-state index contributed by atoms with van der Waals surface area (Å²) in [6, 6.07) is 14.6. The van der Waals surface area contributed by atoms with Crippen LogP contribution in [-0.2, 0) is 16.0 Å². The third kappa shape index (κ3) is 4.94. The van der Waals surface area contributed by atoms with Gasteiger partial charge in [0.05, 0.1) is 18.7 Å². The third-order valence-corrected chi connectivity index (χ3v) is 3.64. The fourth-order valence-electron chi connectivity index (χ4n) is 2.39. The van der Waals surface area contributed by atoms with Gasteiger partial charge in [0, 0.05) is 12.7 Å². The normalized spacial score (nSPS) is 10.0. The Bertz CT molecular complexity index is 771. The van der Waals surface area contributed by atoms with Crippen molar-refractivity contribution < 1.29 is 14.3 Å². The molecule has 0 aromatic heterocycles. The Morgan fingerprint density at radius 2 is 1.96 bits per heavy atom. The molecule has 0 bridgehead atoms. The molecule has 0 heterocycles. The minimum atomic E-state index is -0.286. The van der Waals surface area contributed by atoms with E-state index in [1.54, 1.807) is 30.1 Å². The molecule has 0 saturated heterocycles. The van der Waals surface area contributed by atoms with Gasteiger partial charge in [0.2, 0.25) is 11.8 Å². The Kier molecular flexibility index (Phi) is 6.34. The first-order valence-electron chi connectivity index (χ1n) is 8.06. The van der Waals surface area contributed by atoms with Crippen molar-refractivity contribution in [2.45, 2.75) is 13.3 Å². The summed E-state index contributed by atoms with van der Waals surface area (Å²) >= 11 is 0. The Labute approximate surface area is 147 Å². The van der Waals surface area contributed by atoms with Crippen molar-refractivity contribution in [2.24, 2.45) is 0 Å². The van der Waals surface area contributed by atoms with E-state index in [1.165, 1.54) is 6.08 Å². The highest BCUT2D eigenvalue weighted by atomic mass is 16.5. The Balaban J connectivity index is 2.13. The molecule has 0 aliphatic heterocycles. The van der Waals surface area contributed by atoms with Crippen LogP contribution >= 0.6 is 0 Å². The number of nitrogens with zero attached hydrogens (tertiary/aromatic N) is 1. The van der Waals surface area contributed by atoms with Crippen LogP contribution in [0.5, 0.6) is 5.75 Å². The first-order valence-corrected chi connectivity index (χ1v) is 8.06. The zero-order valence-corrected chi connectivity index (χ0v) is 14.5. The van der Waals surface area contributed by atoms with Gasteiger partial charge in [0.15, 0.2) is 0 Å². The van der Waals surface area contributed by atoms with Crippen molar-refractivity contribution in [1.82, 2.24) is 0 Å². The minimum absolute atomic E-state index is 0.0700. The number of rotatable bonds is 7. The maximum absolute atomic E-state index is 12.6. The summed E-state index contributed by atoms with van der Waals surface area (Å²) in [5, 5.41) is 2.69. The van der Waals surface area contributed by atoms with Gasteiger partial charge >= 0.3 is 0 Å². The molecule has 5 heteroatoms. The largest absolute Gasteiger partial charge is 0.492 e. The van der Waals surface area contributed by atoms with Gasteiger partial charge < -0.3 is 15.0 Å². The number of hydrogen-bond acceptors (Lipinski definition) is 3. The van der Waals surface area contributed by atoms with Crippen LogP contribution in [0.3, 0.4) is 0 Å². The number of ether oxygens (including phenoxy) is 1. The summed E-state index contributed by atoms with van der Waals surface area (Å²) in [6.45, 7) is 5.86. The second-order valence-electron chi connectivity index (χ2n) is 5.42. The van der Waals surface area contributed by atoms with Crippen molar-refractivity contribution >= 4 is 23.2 Å². The summed E-state index contributed by atoms with van der Waals surface area (Å²) in [7, 11) is 1.73. The highest BCUT2D eigenvalue weighted by molar-refractivity contribution is 5.99. The summed E-state index contributed by atoms with van der Waals surface area (Å²) in [6.07, 6.45) is 1.42. The first-order chi connectivity index (χ1) is 12.0. The maximum Gasteiger partial charge on any atom is 0.247 e. The van der Waals surface area contributed by atoms with Gasteiger partial charge in [0.25, 0.3) is 0 Å². The number of carbonyl (C=O) groups is 2. The molecule has 130 valence electrons. The van der Waals surface area contributed by atoms with E-state index in [9.17, 15) is 9.59 Å². The summed E-state index contributed by atoms with van der Waals surface area (Å²) in [5.41, 5.74) is 2.17. The quantitative estimate of drug-likeness (QED) is 0.787. The molecule has 0 fully saturated rings. The molecule has 1 N–H and O–H groups in total. The molecule has 2 rings (SSSR count). The van der Waals surface area contributed by atoms with E-state index in [-0.39, 0.29) is 18.2 Å². The summed E-state index contributed by atoms with van der Waals surface area (Å²) in [5.74, 6) is 0.318. The average Bonchev–Trinajstić information content (AvgIpc) is 2.62. The van der Waals surface area contributed by atoms with E-state index >= 15 is 0 Å². The topological polar surface area (TPSA) is 58.6 Å². The smallest absolute Gasteiger partial charge is 0.247 e. The molecule has 0 aliphatic rings. The number of carbonyl (C=O) groups excluding carboxylic acids is 2. The zero-order valence-electron chi connectivity index (χ0n) is 14.5. The van der Waals surface area contributed by atoms with Gasteiger partial charge in [-0.3, -0.25) is 9.59 Å².